The Hall–Kier alpha value is -1.19. The standard InChI is InChI=1S/C11H19NO7S/c1-8(9(13)18-2)20(16,17)12-7-11(10(14)15)3-5-19-6-4-11/h8,12H,3-7H2,1-2H3,(H,14,15). The number of hydrogen-bond donors (Lipinski definition) is 2. The Morgan fingerprint density at radius 1 is 1.40 bits per heavy atom. The Balaban J connectivity index is 2.77. The highest BCUT2D eigenvalue weighted by Crippen LogP contribution is 2.30. The molecule has 2 N–H and O–H groups in total. The first-order chi connectivity index (χ1) is 9.25. The lowest BCUT2D eigenvalue weighted by molar-refractivity contribution is -0.154. The van der Waals surface area contributed by atoms with E-state index in [0.29, 0.717) is 0 Å². The smallest absolute Gasteiger partial charge is 0.325 e. The minimum absolute atomic E-state index is 0.220. The van der Waals surface area contributed by atoms with E-state index in [1.165, 1.54) is 6.92 Å². The topological polar surface area (TPSA) is 119 Å². The van der Waals surface area contributed by atoms with Crippen molar-refractivity contribution in [3.8, 4) is 0 Å². The van der Waals surface area contributed by atoms with Gasteiger partial charge in [-0.25, -0.2) is 13.1 Å². The number of rotatable bonds is 6. The van der Waals surface area contributed by atoms with Crippen LogP contribution in [0.25, 0.3) is 0 Å². The molecule has 8 nitrogen and oxygen atoms in total. The van der Waals surface area contributed by atoms with E-state index in [9.17, 15) is 23.1 Å². The van der Waals surface area contributed by atoms with Crippen LogP contribution in [0.2, 0.25) is 0 Å². The zero-order valence-electron chi connectivity index (χ0n) is 11.4. The molecule has 0 bridgehead atoms. The molecule has 20 heavy (non-hydrogen) atoms. The van der Waals surface area contributed by atoms with E-state index in [4.69, 9.17) is 4.74 Å². The van der Waals surface area contributed by atoms with Crippen LogP contribution in [0.15, 0.2) is 0 Å². The summed E-state index contributed by atoms with van der Waals surface area (Å²) in [5, 5.41) is 7.91. The van der Waals surface area contributed by atoms with Crippen molar-refractivity contribution in [3.63, 3.8) is 0 Å². The van der Waals surface area contributed by atoms with Crippen LogP contribution in [-0.2, 0) is 29.1 Å². The Morgan fingerprint density at radius 3 is 2.40 bits per heavy atom. The maximum atomic E-state index is 11.9. The summed E-state index contributed by atoms with van der Waals surface area (Å²) in [4.78, 5) is 22.6. The number of nitrogens with one attached hydrogen (secondary N) is 1. The predicted molar refractivity (Wildman–Crippen MR) is 68.5 cm³/mol. The zero-order chi connectivity index (χ0) is 15.4. The number of carbonyl (C=O) groups is 2. The molecule has 1 fully saturated rings. The summed E-state index contributed by atoms with van der Waals surface area (Å²) in [6.45, 7) is 1.45. The monoisotopic (exact) mass is 309 g/mol. The summed E-state index contributed by atoms with van der Waals surface area (Å²) in [7, 11) is -2.88. The molecule has 0 spiro atoms. The molecule has 0 saturated carbocycles. The molecule has 1 rings (SSSR count). The van der Waals surface area contributed by atoms with E-state index in [-0.39, 0.29) is 32.6 Å². The van der Waals surface area contributed by atoms with E-state index < -0.39 is 32.6 Å². The van der Waals surface area contributed by atoms with Crippen LogP contribution in [-0.4, -0.2) is 57.6 Å². The van der Waals surface area contributed by atoms with Gasteiger partial charge in [0.2, 0.25) is 10.0 Å². The minimum atomic E-state index is -3.97. The number of ether oxygens (including phenoxy) is 2. The summed E-state index contributed by atoms with van der Waals surface area (Å²) in [5.74, 6) is -1.97. The fourth-order valence-corrected chi connectivity index (χ4v) is 2.96. The van der Waals surface area contributed by atoms with Gasteiger partial charge in [0.25, 0.3) is 0 Å². The van der Waals surface area contributed by atoms with Crippen molar-refractivity contribution in [2.75, 3.05) is 26.9 Å². The van der Waals surface area contributed by atoms with E-state index >= 15 is 0 Å². The zero-order valence-corrected chi connectivity index (χ0v) is 12.2. The van der Waals surface area contributed by atoms with Crippen LogP contribution in [0.4, 0.5) is 0 Å². The Kier molecular flexibility index (Phi) is 5.49. The third-order valence-electron chi connectivity index (χ3n) is 3.51. The van der Waals surface area contributed by atoms with Crippen molar-refractivity contribution in [2.45, 2.75) is 25.0 Å². The molecule has 0 radical (unpaired) electrons. The second-order valence-electron chi connectivity index (χ2n) is 4.73. The third-order valence-corrected chi connectivity index (χ3v) is 5.18. The number of aliphatic carboxylic acids is 1. The maximum Gasteiger partial charge on any atom is 0.325 e. The van der Waals surface area contributed by atoms with Gasteiger partial charge in [0.15, 0.2) is 5.25 Å². The highest BCUT2D eigenvalue weighted by atomic mass is 32.2. The molecule has 1 saturated heterocycles. The number of carboxylic acid groups (broad SMARTS) is 1. The highest BCUT2D eigenvalue weighted by Gasteiger charge is 2.42. The molecular formula is C11H19NO7S. The molecule has 116 valence electrons. The molecule has 1 atom stereocenters. The van der Waals surface area contributed by atoms with Crippen LogP contribution < -0.4 is 4.72 Å². The molecule has 9 heteroatoms. The molecule has 0 aliphatic carbocycles. The Labute approximate surface area is 117 Å². The maximum absolute atomic E-state index is 11.9. The molecule has 1 aliphatic heterocycles. The van der Waals surface area contributed by atoms with Crippen molar-refractivity contribution >= 4 is 22.0 Å². The summed E-state index contributed by atoms with van der Waals surface area (Å²) >= 11 is 0. The lowest BCUT2D eigenvalue weighted by Gasteiger charge is -2.33. The number of carboxylic acids is 1. The summed E-state index contributed by atoms with van der Waals surface area (Å²) in [6, 6.07) is 0. The van der Waals surface area contributed by atoms with Crippen molar-refractivity contribution in [2.24, 2.45) is 5.41 Å². The number of hydrogen-bond acceptors (Lipinski definition) is 6. The highest BCUT2D eigenvalue weighted by molar-refractivity contribution is 7.90. The Morgan fingerprint density at radius 2 is 1.95 bits per heavy atom. The molecule has 0 amide bonds. The molecule has 0 aromatic rings. The van der Waals surface area contributed by atoms with Gasteiger partial charge in [0, 0.05) is 19.8 Å². The van der Waals surface area contributed by atoms with Crippen molar-refractivity contribution in [3.05, 3.63) is 0 Å². The average Bonchev–Trinajstić information content (AvgIpc) is 2.44. The van der Waals surface area contributed by atoms with Gasteiger partial charge in [-0.05, 0) is 19.8 Å². The molecule has 1 unspecified atom stereocenters. The SMILES string of the molecule is COC(=O)C(C)S(=O)(=O)NCC1(C(=O)O)CCOCC1. The van der Waals surface area contributed by atoms with Gasteiger partial charge in [-0.15, -0.1) is 0 Å². The van der Waals surface area contributed by atoms with Crippen molar-refractivity contribution < 1.29 is 32.6 Å². The van der Waals surface area contributed by atoms with Crippen molar-refractivity contribution in [1.29, 1.82) is 0 Å². The molecule has 1 aliphatic rings. The normalized spacial score (nSPS) is 20.1. The second-order valence-corrected chi connectivity index (χ2v) is 6.82. The van der Waals surface area contributed by atoms with Gasteiger partial charge in [0.05, 0.1) is 12.5 Å². The number of esters is 1. The van der Waals surface area contributed by atoms with E-state index in [1.807, 2.05) is 0 Å². The van der Waals surface area contributed by atoms with Gasteiger partial charge < -0.3 is 14.6 Å². The first kappa shape index (κ1) is 16.9. The first-order valence-electron chi connectivity index (χ1n) is 6.12. The first-order valence-corrected chi connectivity index (χ1v) is 7.67. The fourth-order valence-electron chi connectivity index (χ4n) is 1.88. The molecular weight excluding hydrogens is 290 g/mol. The van der Waals surface area contributed by atoms with Crippen LogP contribution in [0.1, 0.15) is 19.8 Å². The third kappa shape index (κ3) is 3.68. The van der Waals surface area contributed by atoms with Crippen LogP contribution in [0.5, 0.6) is 0 Å². The lowest BCUT2D eigenvalue weighted by atomic mass is 9.80. The van der Waals surface area contributed by atoms with Gasteiger partial charge in [-0.2, -0.15) is 0 Å². The van der Waals surface area contributed by atoms with Crippen LogP contribution >= 0.6 is 0 Å². The van der Waals surface area contributed by atoms with Gasteiger partial charge in [0.1, 0.15) is 0 Å². The summed E-state index contributed by atoms with van der Waals surface area (Å²) < 4.78 is 35.5. The number of methoxy groups -OCH3 is 1. The number of sulfonamides is 1. The largest absolute Gasteiger partial charge is 0.481 e. The second kappa shape index (κ2) is 6.51. The quantitative estimate of drug-likeness (QED) is 0.626. The molecule has 0 aromatic heterocycles. The van der Waals surface area contributed by atoms with E-state index in [0.717, 1.165) is 7.11 Å². The Bertz CT molecular complexity index is 467. The molecule has 0 aromatic carbocycles. The van der Waals surface area contributed by atoms with Gasteiger partial charge >= 0.3 is 11.9 Å². The lowest BCUT2D eigenvalue weighted by Crippen LogP contribution is -2.49. The number of carbonyl (C=O) groups excluding carboxylic acids is 1. The van der Waals surface area contributed by atoms with E-state index in [2.05, 4.69) is 9.46 Å². The average molecular weight is 309 g/mol. The van der Waals surface area contributed by atoms with Crippen molar-refractivity contribution in [1.82, 2.24) is 4.72 Å². The van der Waals surface area contributed by atoms with Gasteiger partial charge in [-0.3, -0.25) is 9.59 Å². The summed E-state index contributed by atoms with van der Waals surface area (Å²) in [6.07, 6.45) is 0.439. The van der Waals surface area contributed by atoms with E-state index in [1.54, 1.807) is 0 Å². The van der Waals surface area contributed by atoms with Crippen LogP contribution in [0.3, 0.4) is 0 Å². The fraction of sp³-hybridized carbons (Fsp3) is 0.818. The molecule has 1 heterocycles. The van der Waals surface area contributed by atoms with Crippen LogP contribution in [0, 0.1) is 5.41 Å². The van der Waals surface area contributed by atoms with Gasteiger partial charge in [-0.1, -0.05) is 0 Å². The summed E-state index contributed by atoms with van der Waals surface area (Å²) in [5.41, 5.74) is -1.19. The predicted octanol–water partition coefficient (Wildman–Crippen LogP) is -0.651. The minimum Gasteiger partial charge on any atom is -0.481 e.